The number of carbonyl (C=O) groups is 2. The lowest BCUT2D eigenvalue weighted by Gasteiger charge is -2.42. The molecule has 1 spiro atoms. The Hall–Kier alpha value is -2.63. The number of piperidine rings is 1. The summed E-state index contributed by atoms with van der Waals surface area (Å²) in [6.45, 7) is 1.30. The number of nitrogens with one attached hydrogen (secondary N) is 2. The van der Waals surface area contributed by atoms with E-state index < -0.39 is 0 Å². The predicted molar refractivity (Wildman–Crippen MR) is 88.4 cm³/mol. The third-order valence-corrected chi connectivity index (χ3v) is 5.30. The number of nitrogens with zero attached hydrogens (tertiary/aromatic N) is 2. The van der Waals surface area contributed by atoms with E-state index in [2.05, 4.69) is 15.3 Å². The number of aromatic amines is 1. The van der Waals surface area contributed by atoms with Gasteiger partial charge in [0.05, 0.1) is 5.54 Å². The van der Waals surface area contributed by atoms with Crippen LogP contribution >= 0.6 is 0 Å². The molecule has 1 atom stereocenters. The van der Waals surface area contributed by atoms with Crippen LogP contribution in [0.25, 0.3) is 0 Å². The van der Waals surface area contributed by atoms with Crippen LogP contribution in [0.2, 0.25) is 0 Å². The molecule has 0 bridgehead atoms. The number of likely N-dealkylation sites (tertiary alicyclic amines) is 1. The number of rotatable bonds is 2. The number of hydrogen-bond donors (Lipinski definition) is 2. The Balaban J connectivity index is 1.52. The van der Waals surface area contributed by atoms with Gasteiger partial charge >= 0.3 is 0 Å². The number of pyridine rings is 1. The van der Waals surface area contributed by atoms with Crippen molar-refractivity contribution in [3.8, 4) is 0 Å². The minimum absolute atomic E-state index is 0.0251. The van der Waals surface area contributed by atoms with Crippen molar-refractivity contribution in [2.24, 2.45) is 0 Å². The van der Waals surface area contributed by atoms with Crippen LogP contribution in [0, 0.1) is 0 Å². The van der Waals surface area contributed by atoms with E-state index in [1.807, 2.05) is 29.3 Å². The summed E-state index contributed by atoms with van der Waals surface area (Å²) < 4.78 is 0. The van der Waals surface area contributed by atoms with Gasteiger partial charge in [-0.3, -0.25) is 14.6 Å². The van der Waals surface area contributed by atoms with E-state index in [1.165, 1.54) is 0 Å². The normalized spacial score (nSPS) is 22.6. The number of carbonyl (C=O) groups excluding carboxylic acids is 2. The molecule has 124 valence electrons. The average Bonchev–Trinajstić information content (AvgIpc) is 3.24. The van der Waals surface area contributed by atoms with Gasteiger partial charge in [0.2, 0.25) is 5.91 Å². The molecule has 0 radical (unpaired) electrons. The van der Waals surface area contributed by atoms with E-state index in [0.29, 0.717) is 25.2 Å². The van der Waals surface area contributed by atoms with Crippen molar-refractivity contribution in [3.63, 3.8) is 0 Å². The van der Waals surface area contributed by atoms with Gasteiger partial charge in [0.15, 0.2) is 0 Å². The summed E-state index contributed by atoms with van der Waals surface area (Å²) in [7, 11) is 0. The van der Waals surface area contributed by atoms with E-state index in [4.69, 9.17) is 0 Å². The fraction of sp³-hybridized carbons (Fsp3) is 0.389. The van der Waals surface area contributed by atoms with Crippen molar-refractivity contribution < 1.29 is 9.59 Å². The average molecular weight is 324 g/mol. The van der Waals surface area contributed by atoms with Crippen molar-refractivity contribution in [2.75, 3.05) is 13.1 Å². The first-order chi connectivity index (χ1) is 11.7. The molecule has 2 aromatic heterocycles. The maximum absolute atomic E-state index is 12.5. The van der Waals surface area contributed by atoms with Gasteiger partial charge in [0, 0.05) is 44.0 Å². The van der Waals surface area contributed by atoms with E-state index in [1.54, 1.807) is 18.5 Å². The van der Waals surface area contributed by atoms with Crippen LogP contribution < -0.4 is 5.32 Å². The van der Waals surface area contributed by atoms with Crippen LogP contribution in [0.1, 0.15) is 41.2 Å². The zero-order valence-electron chi connectivity index (χ0n) is 13.4. The summed E-state index contributed by atoms with van der Waals surface area (Å²) in [4.78, 5) is 33.6. The molecule has 2 saturated heterocycles. The van der Waals surface area contributed by atoms with Gasteiger partial charge in [-0.25, -0.2) is 0 Å². The minimum Gasteiger partial charge on any atom is -0.357 e. The molecule has 2 N–H and O–H groups in total. The largest absolute Gasteiger partial charge is 0.357 e. The fourth-order valence-electron chi connectivity index (χ4n) is 4.03. The Labute approximate surface area is 140 Å². The van der Waals surface area contributed by atoms with Crippen molar-refractivity contribution >= 4 is 11.8 Å². The lowest BCUT2D eigenvalue weighted by molar-refractivity contribution is -0.120. The second kappa shape index (κ2) is 5.78. The summed E-state index contributed by atoms with van der Waals surface area (Å²) in [6, 6.07) is 7.57. The highest BCUT2D eigenvalue weighted by Crippen LogP contribution is 2.42. The lowest BCUT2D eigenvalue weighted by atomic mass is 9.74. The molecule has 0 aliphatic carbocycles. The predicted octanol–water partition coefficient (Wildman–Crippen LogP) is 1.69. The maximum Gasteiger partial charge on any atom is 0.270 e. The van der Waals surface area contributed by atoms with Gasteiger partial charge in [-0.1, -0.05) is 6.07 Å². The summed E-state index contributed by atoms with van der Waals surface area (Å²) in [6.07, 6.45) is 7.39. The van der Waals surface area contributed by atoms with Gasteiger partial charge in [-0.05, 0) is 36.6 Å². The zero-order chi connectivity index (χ0) is 16.6. The molecular weight excluding hydrogens is 304 g/mol. The molecular formula is C18H20N4O2. The van der Waals surface area contributed by atoms with Crippen molar-refractivity contribution in [3.05, 3.63) is 54.1 Å². The minimum atomic E-state index is -0.257. The number of aromatic nitrogens is 2. The quantitative estimate of drug-likeness (QED) is 0.882. The van der Waals surface area contributed by atoms with E-state index in [0.717, 1.165) is 18.4 Å². The SMILES string of the molecule is O=C1CC(c2cccnc2)C2(CCN(C(=O)c3ccc[nH]3)CC2)N1. The highest BCUT2D eigenvalue weighted by molar-refractivity contribution is 5.92. The van der Waals surface area contributed by atoms with Gasteiger partial charge in [0.1, 0.15) is 5.69 Å². The van der Waals surface area contributed by atoms with Gasteiger partial charge in [0.25, 0.3) is 5.91 Å². The molecule has 2 aromatic rings. The van der Waals surface area contributed by atoms with Crippen LogP contribution in [0.15, 0.2) is 42.9 Å². The Kier molecular flexibility index (Phi) is 3.59. The van der Waals surface area contributed by atoms with Crippen LogP contribution in [0.5, 0.6) is 0 Å². The summed E-state index contributed by atoms with van der Waals surface area (Å²) >= 11 is 0. The van der Waals surface area contributed by atoms with Gasteiger partial charge < -0.3 is 15.2 Å². The van der Waals surface area contributed by atoms with E-state index in [9.17, 15) is 9.59 Å². The second-order valence-corrected chi connectivity index (χ2v) is 6.62. The van der Waals surface area contributed by atoms with E-state index >= 15 is 0 Å². The summed E-state index contributed by atoms with van der Waals surface area (Å²) in [5, 5.41) is 3.20. The molecule has 0 saturated carbocycles. The topological polar surface area (TPSA) is 78.1 Å². The highest BCUT2D eigenvalue weighted by atomic mass is 16.2. The fourth-order valence-corrected chi connectivity index (χ4v) is 4.03. The summed E-state index contributed by atoms with van der Waals surface area (Å²) in [5.74, 6) is 0.242. The third kappa shape index (κ3) is 2.48. The molecule has 2 aliphatic heterocycles. The number of hydrogen-bond acceptors (Lipinski definition) is 3. The van der Waals surface area contributed by atoms with Crippen LogP contribution in [0.4, 0.5) is 0 Å². The van der Waals surface area contributed by atoms with E-state index in [-0.39, 0.29) is 23.3 Å². The molecule has 2 amide bonds. The van der Waals surface area contributed by atoms with Crippen molar-refractivity contribution in [1.29, 1.82) is 0 Å². The zero-order valence-corrected chi connectivity index (χ0v) is 13.4. The van der Waals surface area contributed by atoms with Crippen molar-refractivity contribution in [2.45, 2.75) is 30.7 Å². The molecule has 4 heterocycles. The smallest absolute Gasteiger partial charge is 0.270 e. The molecule has 1 unspecified atom stereocenters. The summed E-state index contributed by atoms with van der Waals surface area (Å²) in [5.41, 5.74) is 1.46. The monoisotopic (exact) mass is 324 g/mol. The molecule has 2 aliphatic rings. The lowest BCUT2D eigenvalue weighted by Crippen LogP contribution is -2.54. The third-order valence-electron chi connectivity index (χ3n) is 5.30. The van der Waals surface area contributed by atoms with Gasteiger partial charge in [-0.15, -0.1) is 0 Å². The number of amides is 2. The Morgan fingerprint density at radius 1 is 1.25 bits per heavy atom. The first kappa shape index (κ1) is 14.9. The molecule has 6 nitrogen and oxygen atoms in total. The Morgan fingerprint density at radius 2 is 2.08 bits per heavy atom. The Bertz CT molecular complexity index is 734. The first-order valence-corrected chi connectivity index (χ1v) is 8.32. The van der Waals surface area contributed by atoms with Crippen LogP contribution in [-0.2, 0) is 4.79 Å². The number of H-pyrrole nitrogens is 1. The van der Waals surface area contributed by atoms with Crippen LogP contribution in [0.3, 0.4) is 0 Å². The van der Waals surface area contributed by atoms with Crippen molar-refractivity contribution in [1.82, 2.24) is 20.2 Å². The molecule has 2 fully saturated rings. The van der Waals surface area contributed by atoms with Crippen LogP contribution in [-0.4, -0.2) is 45.3 Å². The first-order valence-electron chi connectivity index (χ1n) is 8.32. The molecule has 24 heavy (non-hydrogen) atoms. The highest BCUT2D eigenvalue weighted by Gasteiger charge is 2.49. The van der Waals surface area contributed by atoms with Gasteiger partial charge in [-0.2, -0.15) is 0 Å². The molecule has 6 heteroatoms. The Morgan fingerprint density at radius 3 is 2.75 bits per heavy atom. The standard InChI is InChI=1S/C18H20N4O2/c23-16-11-14(13-3-1-7-19-12-13)18(21-16)5-9-22(10-6-18)17(24)15-4-2-8-20-15/h1-4,7-8,12,14,20H,5-6,9-11H2,(H,21,23). The molecule has 0 aromatic carbocycles. The maximum atomic E-state index is 12.5. The molecule has 4 rings (SSSR count). The second-order valence-electron chi connectivity index (χ2n) is 6.62.